The fourth-order valence-corrected chi connectivity index (χ4v) is 5.59. The van der Waals surface area contributed by atoms with Gasteiger partial charge in [0.15, 0.2) is 0 Å². The molecule has 12 heteroatoms. The third-order valence-electron chi connectivity index (χ3n) is 7.83. The number of urea groups is 1. The van der Waals surface area contributed by atoms with Crippen molar-refractivity contribution in [1.29, 1.82) is 0 Å². The fourth-order valence-electron chi connectivity index (χ4n) is 5.59. The Hall–Kier alpha value is -4.87. The Bertz CT molecular complexity index is 1710. The van der Waals surface area contributed by atoms with E-state index in [2.05, 4.69) is 28.2 Å². The van der Waals surface area contributed by atoms with Crippen molar-refractivity contribution in [3.05, 3.63) is 77.6 Å². The standard InChI is InChI=1S/C32H36N4O3.C2HF3O2/c1-3-4-14-30-35-28-20-23(34-32(39)33-22-10-6-5-7-11-22)15-18-29(28)36(30)24-16-17-25(21(2)19-24)26-12-8-9-13-27(26)31(37)38;3-2(4,5)1(6)7/h8-9,12-13,15-20,22H,3-7,10-11,14H2,1-2H3,(H,37,38)(H2,33,34,39);(H,6,7). The van der Waals surface area contributed by atoms with Crippen LogP contribution in [0.1, 0.15) is 73.6 Å². The van der Waals surface area contributed by atoms with E-state index in [0.717, 1.165) is 71.5 Å². The van der Waals surface area contributed by atoms with E-state index in [4.69, 9.17) is 14.9 Å². The third-order valence-corrected chi connectivity index (χ3v) is 7.83. The number of imidazole rings is 1. The number of fused-ring (bicyclic) bond motifs is 1. The zero-order chi connectivity index (χ0) is 33.4. The largest absolute Gasteiger partial charge is 0.490 e. The predicted molar refractivity (Wildman–Crippen MR) is 170 cm³/mol. The predicted octanol–water partition coefficient (Wildman–Crippen LogP) is 8.13. The Morgan fingerprint density at radius 1 is 0.957 bits per heavy atom. The number of halogens is 3. The first kappa shape index (κ1) is 34.0. The molecule has 244 valence electrons. The monoisotopic (exact) mass is 638 g/mol. The minimum Gasteiger partial charge on any atom is -0.478 e. The molecule has 0 atom stereocenters. The average Bonchev–Trinajstić information content (AvgIpc) is 3.37. The van der Waals surface area contributed by atoms with Crippen LogP contribution < -0.4 is 10.6 Å². The summed E-state index contributed by atoms with van der Waals surface area (Å²) in [7, 11) is 0. The summed E-state index contributed by atoms with van der Waals surface area (Å²) in [4.78, 5) is 38.3. The molecule has 1 aromatic heterocycles. The summed E-state index contributed by atoms with van der Waals surface area (Å²) < 4.78 is 33.9. The van der Waals surface area contributed by atoms with Gasteiger partial charge in [0.05, 0.1) is 16.6 Å². The number of anilines is 1. The molecule has 0 aliphatic heterocycles. The Kier molecular flexibility index (Phi) is 11.0. The second-order valence-corrected chi connectivity index (χ2v) is 11.3. The number of carbonyl (C=O) groups is 3. The van der Waals surface area contributed by atoms with Crippen molar-refractivity contribution in [2.45, 2.75) is 77.4 Å². The van der Waals surface area contributed by atoms with Crippen LogP contribution in [0.25, 0.3) is 27.8 Å². The second kappa shape index (κ2) is 14.9. The minimum atomic E-state index is -5.08. The summed E-state index contributed by atoms with van der Waals surface area (Å²) in [6.07, 6.45) is 3.48. The van der Waals surface area contributed by atoms with Crippen molar-refractivity contribution in [2.24, 2.45) is 0 Å². The number of amides is 2. The van der Waals surface area contributed by atoms with Gasteiger partial charge >= 0.3 is 24.1 Å². The maximum absolute atomic E-state index is 12.6. The van der Waals surface area contributed by atoms with Crippen molar-refractivity contribution in [2.75, 3.05) is 5.32 Å². The van der Waals surface area contributed by atoms with Gasteiger partial charge in [-0.3, -0.25) is 4.57 Å². The zero-order valence-electron chi connectivity index (χ0n) is 25.7. The number of rotatable bonds is 8. The zero-order valence-corrected chi connectivity index (χ0v) is 25.7. The van der Waals surface area contributed by atoms with Gasteiger partial charge in [-0.05, 0) is 79.3 Å². The number of nitrogens with zero attached hydrogens (tertiary/aromatic N) is 2. The number of carboxylic acids is 2. The van der Waals surface area contributed by atoms with Gasteiger partial charge < -0.3 is 20.8 Å². The number of aliphatic carboxylic acids is 1. The number of carboxylic acid groups (broad SMARTS) is 2. The number of aromatic nitrogens is 2. The molecule has 0 spiro atoms. The molecule has 0 unspecified atom stereocenters. The molecule has 4 aromatic rings. The topological polar surface area (TPSA) is 134 Å². The highest BCUT2D eigenvalue weighted by Gasteiger charge is 2.38. The van der Waals surface area contributed by atoms with Gasteiger partial charge in [0.1, 0.15) is 5.82 Å². The van der Waals surface area contributed by atoms with Crippen LogP contribution in [0.5, 0.6) is 0 Å². The third kappa shape index (κ3) is 8.43. The molecule has 2 amide bonds. The lowest BCUT2D eigenvalue weighted by molar-refractivity contribution is -0.192. The molecule has 0 radical (unpaired) electrons. The van der Waals surface area contributed by atoms with E-state index >= 15 is 0 Å². The van der Waals surface area contributed by atoms with Crippen LogP contribution >= 0.6 is 0 Å². The normalized spacial score (nSPS) is 13.5. The van der Waals surface area contributed by atoms with Crippen LogP contribution in [0.15, 0.2) is 60.7 Å². The van der Waals surface area contributed by atoms with Crippen molar-refractivity contribution in [3.63, 3.8) is 0 Å². The van der Waals surface area contributed by atoms with Crippen LogP contribution in [-0.4, -0.2) is 50.0 Å². The number of unbranched alkanes of at least 4 members (excludes halogenated alkanes) is 1. The summed E-state index contributed by atoms with van der Waals surface area (Å²) in [5.41, 5.74) is 6.38. The molecule has 3 aromatic carbocycles. The van der Waals surface area contributed by atoms with Crippen molar-refractivity contribution >= 4 is 34.7 Å². The van der Waals surface area contributed by atoms with E-state index in [1.165, 1.54) is 19.3 Å². The smallest absolute Gasteiger partial charge is 0.478 e. The van der Waals surface area contributed by atoms with Gasteiger partial charge in [0.25, 0.3) is 0 Å². The van der Waals surface area contributed by atoms with E-state index in [9.17, 15) is 27.9 Å². The SMILES string of the molecule is CCCCc1nc2cc(NC(=O)NC3CCCCC3)ccc2n1-c1ccc(-c2ccccc2C(=O)O)c(C)c1.O=C(O)C(F)(F)F. The number of aromatic carboxylic acids is 1. The Balaban J connectivity index is 0.000000617. The van der Waals surface area contributed by atoms with Crippen LogP contribution in [-0.2, 0) is 11.2 Å². The van der Waals surface area contributed by atoms with Crippen molar-refractivity contribution < 1.29 is 37.8 Å². The van der Waals surface area contributed by atoms with E-state index in [1.54, 1.807) is 12.1 Å². The highest BCUT2D eigenvalue weighted by Crippen LogP contribution is 2.31. The second-order valence-electron chi connectivity index (χ2n) is 11.3. The molecule has 1 heterocycles. The van der Waals surface area contributed by atoms with Gasteiger partial charge in [-0.1, -0.05) is 56.9 Å². The minimum absolute atomic E-state index is 0.167. The van der Waals surface area contributed by atoms with Crippen LogP contribution in [0, 0.1) is 6.92 Å². The average molecular weight is 639 g/mol. The van der Waals surface area contributed by atoms with Gasteiger partial charge in [0.2, 0.25) is 0 Å². The van der Waals surface area contributed by atoms with Gasteiger partial charge in [-0.25, -0.2) is 19.4 Å². The molecule has 1 fully saturated rings. The Morgan fingerprint density at radius 2 is 1.65 bits per heavy atom. The summed E-state index contributed by atoms with van der Waals surface area (Å²) in [5.74, 6) is -2.73. The summed E-state index contributed by atoms with van der Waals surface area (Å²) in [5, 5.41) is 22.9. The first-order valence-electron chi connectivity index (χ1n) is 15.2. The lowest BCUT2D eigenvalue weighted by Gasteiger charge is -2.22. The molecular weight excluding hydrogens is 601 g/mol. The molecule has 46 heavy (non-hydrogen) atoms. The molecular formula is C34H37F3N4O5. The first-order valence-corrected chi connectivity index (χ1v) is 15.2. The first-order chi connectivity index (χ1) is 21.9. The molecule has 1 saturated carbocycles. The van der Waals surface area contributed by atoms with E-state index in [-0.39, 0.29) is 17.6 Å². The Labute approximate surface area is 264 Å². The van der Waals surface area contributed by atoms with Crippen molar-refractivity contribution in [3.8, 4) is 16.8 Å². The number of alkyl halides is 3. The molecule has 0 saturated heterocycles. The molecule has 9 nitrogen and oxygen atoms in total. The number of aryl methyl sites for hydroxylation is 2. The van der Waals surface area contributed by atoms with Crippen molar-refractivity contribution in [1.82, 2.24) is 14.9 Å². The number of carbonyl (C=O) groups excluding carboxylic acids is 1. The van der Waals surface area contributed by atoms with Gasteiger partial charge in [-0.15, -0.1) is 0 Å². The quantitative estimate of drug-likeness (QED) is 0.154. The fraction of sp³-hybridized carbons (Fsp3) is 0.353. The van der Waals surface area contributed by atoms with Crippen LogP contribution in [0.3, 0.4) is 0 Å². The summed E-state index contributed by atoms with van der Waals surface area (Å²) in [6.45, 7) is 4.17. The number of nitrogens with one attached hydrogen (secondary N) is 2. The van der Waals surface area contributed by atoms with Gasteiger partial charge in [0, 0.05) is 23.8 Å². The maximum atomic E-state index is 12.6. The van der Waals surface area contributed by atoms with E-state index in [1.807, 2.05) is 49.4 Å². The highest BCUT2D eigenvalue weighted by molar-refractivity contribution is 5.96. The molecule has 0 bridgehead atoms. The van der Waals surface area contributed by atoms with Crippen LogP contribution in [0.4, 0.5) is 23.7 Å². The lowest BCUT2D eigenvalue weighted by Crippen LogP contribution is -2.38. The number of hydrogen-bond acceptors (Lipinski definition) is 4. The van der Waals surface area contributed by atoms with Gasteiger partial charge in [-0.2, -0.15) is 13.2 Å². The molecule has 4 N–H and O–H groups in total. The summed E-state index contributed by atoms with van der Waals surface area (Å²) in [6, 6.07) is 19.2. The molecule has 5 rings (SSSR count). The number of hydrogen-bond donors (Lipinski definition) is 4. The van der Waals surface area contributed by atoms with E-state index in [0.29, 0.717) is 5.56 Å². The van der Waals surface area contributed by atoms with E-state index < -0.39 is 18.1 Å². The lowest BCUT2D eigenvalue weighted by atomic mass is 9.95. The maximum Gasteiger partial charge on any atom is 0.490 e. The Morgan fingerprint density at radius 3 is 2.28 bits per heavy atom. The van der Waals surface area contributed by atoms with Crippen LogP contribution in [0.2, 0.25) is 0 Å². The molecule has 1 aliphatic rings. The summed E-state index contributed by atoms with van der Waals surface area (Å²) >= 11 is 0. The highest BCUT2D eigenvalue weighted by atomic mass is 19.4. The number of benzene rings is 3. The molecule has 1 aliphatic carbocycles.